The maximum Gasteiger partial charge on any atom is 0.255 e. The summed E-state index contributed by atoms with van der Waals surface area (Å²) in [5.74, 6) is 0.179. The summed E-state index contributed by atoms with van der Waals surface area (Å²) in [4.78, 5) is 14.8. The molecule has 5 nitrogen and oxygen atoms in total. The first-order chi connectivity index (χ1) is 12.2. The predicted octanol–water partition coefficient (Wildman–Crippen LogP) is 3.02. The van der Waals surface area contributed by atoms with Gasteiger partial charge in [0, 0.05) is 25.3 Å². The number of rotatable bonds is 4. The van der Waals surface area contributed by atoms with E-state index in [0.717, 1.165) is 37.3 Å². The first-order valence-electron chi connectivity index (χ1n) is 8.47. The van der Waals surface area contributed by atoms with E-state index in [0.29, 0.717) is 17.0 Å². The van der Waals surface area contributed by atoms with Crippen LogP contribution >= 0.6 is 0 Å². The van der Waals surface area contributed by atoms with Gasteiger partial charge in [-0.25, -0.2) is 0 Å². The number of nitriles is 1. The van der Waals surface area contributed by atoms with Crippen LogP contribution in [0, 0.1) is 17.2 Å². The second-order valence-electron chi connectivity index (χ2n) is 6.27. The van der Waals surface area contributed by atoms with Gasteiger partial charge in [0.15, 0.2) is 0 Å². The second-order valence-corrected chi connectivity index (χ2v) is 6.27. The largest absolute Gasteiger partial charge is 0.396 e. The first-order valence-corrected chi connectivity index (χ1v) is 8.47. The average Bonchev–Trinajstić information content (AvgIpc) is 2.68. The zero-order chi connectivity index (χ0) is 17.6. The van der Waals surface area contributed by atoms with E-state index >= 15 is 0 Å². The molecular weight excluding hydrogens is 314 g/mol. The number of aliphatic hydroxyl groups excluding tert-OH is 1. The minimum Gasteiger partial charge on any atom is -0.396 e. The molecule has 128 valence electrons. The number of amides is 1. The minimum absolute atomic E-state index is 0.192. The monoisotopic (exact) mass is 335 g/mol. The van der Waals surface area contributed by atoms with Gasteiger partial charge in [0.25, 0.3) is 5.91 Å². The van der Waals surface area contributed by atoms with Crippen molar-refractivity contribution >= 4 is 17.3 Å². The van der Waals surface area contributed by atoms with E-state index in [1.165, 1.54) is 0 Å². The van der Waals surface area contributed by atoms with Gasteiger partial charge in [-0.3, -0.25) is 4.79 Å². The third-order valence-corrected chi connectivity index (χ3v) is 4.64. The summed E-state index contributed by atoms with van der Waals surface area (Å²) < 4.78 is 0. The number of aliphatic hydroxyl groups is 1. The number of carbonyl (C=O) groups is 1. The molecule has 0 unspecified atom stereocenters. The van der Waals surface area contributed by atoms with E-state index in [2.05, 4.69) is 10.2 Å². The van der Waals surface area contributed by atoms with Gasteiger partial charge in [-0.1, -0.05) is 12.1 Å². The van der Waals surface area contributed by atoms with Crippen molar-refractivity contribution in [1.29, 1.82) is 5.26 Å². The fourth-order valence-electron chi connectivity index (χ4n) is 3.10. The number of carbonyl (C=O) groups excluding carboxylic acids is 1. The Hall–Kier alpha value is -2.84. The van der Waals surface area contributed by atoms with Crippen molar-refractivity contribution in [1.82, 2.24) is 0 Å². The lowest BCUT2D eigenvalue weighted by Crippen LogP contribution is -2.35. The molecule has 1 saturated heterocycles. The third-order valence-electron chi connectivity index (χ3n) is 4.64. The van der Waals surface area contributed by atoms with Gasteiger partial charge < -0.3 is 15.3 Å². The zero-order valence-corrected chi connectivity index (χ0v) is 14.0. The Bertz CT molecular complexity index is 772. The number of hydrogen-bond acceptors (Lipinski definition) is 4. The molecule has 2 aromatic carbocycles. The summed E-state index contributed by atoms with van der Waals surface area (Å²) in [6.07, 6.45) is 1.91. The molecule has 1 heterocycles. The molecule has 2 aromatic rings. The lowest BCUT2D eigenvalue weighted by atomic mass is 9.97. The molecule has 0 radical (unpaired) electrons. The summed E-state index contributed by atoms with van der Waals surface area (Å²) >= 11 is 0. The summed E-state index contributed by atoms with van der Waals surface area (Å²) in [5.41, 5.74) is 2.83. The zero-order valence-electron chi connectivity index (χ0n) is 14.0. The smallest absolute Gasteiger partial charge is 0.255 e. The number of anilines is 2. The van der Waals surface area contributed by atoms with Gasteiger partial charge >= 0.3 is 0 Å². The van der Waals surface area contributed by atoms with E-state index in [1.807, 2.05) is 30.3 Å². The molecule has 0 aromatic heterocycles. The number of para-hydroxylation sites is 2. The van der Waals surface area contributed by atoms with Crippen LogP contribution in [-0.4, -0.2) is 30.7 Å². The molecule has 1 aliphatic rings. The molecule has 5 heteroatoms. The molecule has 0 aliphatic carbocycles. The van der Waals surface area contributed by atoms with Crippen molar-refractivity contribution < 1.29 is 9.90 Å². The fourth-order valence-corrected chi connectivity index (χ4v) is 3.10. The summed E-state index contributed by atoms with van der Waals surface area (Å²) in [6, 6.07) is 16.4. The molecule has 0 bridgehead atoms. The highest BCUT2D eigenvalue weighted by atomic mass is 16.3. The maximum atomic E-state index is 12.5. The molecule has 0 saturated carbocycles. The van der Waals surface area contributed by atoms with Crippen molar-refractivity contribution in [2.24, 2.45) is 5.92 Å². The molecule has 0 atom stereocenters. The highest BCUT2D eigenvalue weighted by Gasteiger charge is 2.21. The fraction of sp³-hybridized carbons (Fsp3) is 0.300. The molecule has 1 aliphatic heterocycles. The first kappa shape index (κ1) is 17.0. The van der Waals surface area contributed by atoms with Gasteiger partial charge in [0.05, 0.1) is 23.0 Å². The highest BCUT2D eigenvalue weighted by Crippen LogP contribution is 2.30. The minimum atomic E-state index is -0.192. The van der Waals surface area contributed by atoms with E-state index in [4.69, 9.17) is 5.26 Å². The molecule has 25 heavy (non-hydrogen) atoms. The maximum absolute atomic E-state index is 12.5. The van der Waals surface area contributed by atoms with Crippen molar-refractivity contribution in [2.45, 2.75) is 12.8 Å². The van der Waals surface area contributed by atoms with Crippen LogP contribution in [0.2, 0.25) is 0 Å². The van der Waals surface area contributed by atoms with Crippen molar-refractivity contribution in [3.8, 4) is 6.07 Å². The number of benzene rings is 2. The standard InChI is InChI=1S/C20H21N3O2/c21-13-15-5-7-17(8-6-15)20(25)22-18-3-1-2-4-19(18)23-11-9-16(14-24)10-12-23/h1-8,16,24H,9-12,14H2,(H,22,25). The Morgan fingerprint density at radius 3 is 2.48 bits per heavy atom. The Balaban J connectivity index is 1.74. The Labute approximate surface area is 147 Å². The van der Waals surface area contributed by atoms with Crippen LogP contribution in [0.4, 0.5) is 11.4 Å². The van der Waals surface area contributed by atoms with Crippen LogP contribution in [0.25, 0.3) is 0 Å². The third kappa shape index (κ3) is 3.98. The Kier molecular flexibility index (Phi) is 5.32. The number of nitrogens with one attached hydrogen (secondary N) is 1. The second kappa shape index (κ2) is 7.82. The van der Waals surface area contributed by atoms with E-state index in [9.17, 15) is 9.90 Å². The SMILES string of the molecule is N#Cc1ccc(C(=O)Nc2ccccc2N2CCC(CO)CC2)cc1. The van der Waals surface area contributed by atoms with Crippen LogP contribution < -0.4 is 10.2 Å². The Morgan fingerprint density at radius 1 is 1.16 bits per heavy atom. The Morgan fingerprint density at radius 2 is 1.84 bits per heavy atom. The number of piperidine rings is 1. The topological polar surface area (TPSA) is 76.4 Å². The van der Waals surface area contributed by atoms with E-state index in [1.54, 1.807) is 24.3 Å². The van der Waals surface area contributed by atoms with Crippen molar-refractivity contribution in [3.63, 3.8) is 0 Å². The summed E-state index contributed by atoms with van der Waals surface area (Å²) in [6.45, 7) is 1.98. The normalized spacial score (nSPS) is 14.8. The van der Waals surface area contributed by atoms with Gasteiger partial charge in [0.2, 0.25) is 0 Å². The van der Waals surface area contributed by atoms with Crippen LogP contribution in [0.3, 0.4) is 0 Å². The number of hydrogen-bond donors (Lipinski definition) is 2. The summed E-state index contributed by atoms with van der Waals surface area (Å²) in [5, 5.41) is 21.1. The summed E-state index contributed by atoms with van der Waals surface area (Å²) in [7, 11) is 0. The van der Waals surface area contributed by atoms with Gasteiger partial charge in [-0.15, -0.1) is 0 Å². The number of nitrogens with zero attached hydrogens (tertiary/aromatic N) is 2. The molecule has 3 rings (SSSR count). The quantitative estimate of drug-likeness (QED) is 0.900. The van der Waals surface area contributed by atoms with Crippen LogP contribution in [0.5, 0.6) is 0 Å². The molecular formula is C20H21N3O2. The van der Waals surface area contributed by atoms with Crippen molar-refractivity contribution in [3.05, 3.63) is 59.7 Å². The molecule has 1 amide bonds. The van der Waals surface area contributed by atoms with E-state index in [-0.39, 0.29) is 12.5 Å². The highest BCUT2D eigenvalue weighted by molar-refractivity contribution is 6.06. The van der Waals surface area contributed by atoms with Crippen LogP contribution in [-0.2, 0) is 0 Å². The van der Waals surface area contributed by atoms with Crippen LogP contribution in [0.1, 0.15) is 28.8 Å². The lowest BCUT2D eigenvalue weighted by Gasteiger charge is -2.34. The van der Waals surface area contributed by atoms with Gasteiger partial charge in [-0.05, 0) is 55.2 Å². The van der Waals surface area contributed by atoms with Gasteiger partial charge in [-0.2, -0.15) is 5.26 Å². The van der Waals surface area contributed by atoms with E-state index < -0.39 is 0 Å². The predicted molar refractivity (Wildman–Crippen MR) is 97.6 cm³/mol. The lowest BCUT2D eigenvalue weighted by molar-refractivity contribution is 0.102. The van der Waals surface area contributed by atoms with Gasteiger partial charge in [0.1, 0.15) is 0 Å². The van der Waals surface area contributed by atoms with Crippen molar-refractivity contribution in [2.75, 3.05) is 29.9 Å². The van der Waals surface area contributed by atoms with Crippen LogP contribution in [0.15, 0.2) is 48.5 Å². The molecule has 1 fully saturated rings. The molecule has 2 N–H and O–H groups in total. The molecule has 0 spiro atoms. The average molecular weight is 335 g/mol.